The Bertz CT molecular complexity index is 880. The van der Waals surface area contributed by atoms with Crippen molar-refractivity contribution >= 4 is 11.6 Å². The number of fused-ring (bicyclic) bond motifs is 1. The highest BCUT2D eigenvalue weighted by Gasteiger charge is 2.36. The van der Waals surface area contributed by atoms with E-state index in [1.807, 2.05) is 6.07 Å². The molecule has 4 nitrogen and oxygen atoms in total. The SMILES string of the molecule is Cc1ccc(N2CCC(C(=O)N[C@@H]3CC(C)(C)Oc4ccc(C)cc43)CC2)cc1. The van der Waals surface area contributed by atoms with E-state index >= 15 is 0 Å². The predicted octanol–water partition coefficient (Wildman–Crippen LogP) is 4.94. The molecule has 1 atom stereocenters. The zero-order valence-electron chi connectivity index (χ0n) is 18.0. The standard InChI is InChI=1S/C25H32N2O2/c1-17-5-8-20(9-6-17)27-13-11-19(12-14-27)24(28)26-22-16-25(3,4)29-23-10-7-18(2)15-21(22)23/h5-10,15,19,22H,11-14,16H2,1-4H3,(H,26,28)/t22-/m1/s1. The number of nitrogens with zero attached hydrogens (tertiary/aromatic N) is 1. The molecule has 2 aliphatic rings. The molecule has 0 aromatic heterocycles. The molecule has 0 spiro atoms. The van der Waals surface area contributed by atoms with Crippen molar-refractivity contribution in [3.63, 3.8) is 0 Å². The number of aryl methyl sites for hydroxylation is 2. The normalized spacial score (nSPS) is 21.2. The highest BCUT2D eigenvalue weighted by atomic mass is 16.5. The molecule has 0 bridgehead atoms. The lowest BCUT2D eigenvalue weighted by atomic mass is 9.88. The van der Waals surface area contributed by atoms with Gasteiger partial charge in [0.15, 0.2) is 0 Å². The zero-order chi connectivity index (χ0) is 20.6. The molecule has 0 unspecified atom stereocenters. The quantitative estimate of drug-likeness (QED) is 0.804. The van der Waals surface area contributed by atoms with E-state index in [2.05, 4.69) is 74.3 Å². The Morgan fingerprint density at radius 1 is 1.03 bits per heavy atom. The highest BCUT2D eigenvalue weighted by Crippen LogP contribution is 2.40. The van der Waals surface area contributed by atoms with Crippen LogP contribution in [0.3, 0.4) is 0 Å². The van der Waals surface area contributed by atoms with Crippen LogP contribution in [0.25, 0.3) is 0 Å². The van der Waals surface area contributed by atoms with Gasteiger partial charge in [-0.1, -0.05) is 35.4 Å². The first-order chi connectivity index (χ1) is 13.8. The second kappa shape index (κ2) is 7.74. The maximum atomic E-state index is 13.1. The summed E-state index contributed by atoms with van der Waals surface area (Å²) in [7, 11) is 0. The number of benzene rings is 2. The fourth-order valence-corrected chi connectivity index (χ4v) is 4.55. The van der Waals surface area contributed by atoms with E-state index in [0.717, 1.165) is 43.7 Å². The van der Waals surface area contributed by atoms with Crippen molar-refractivity contribution in [2.75, 3.05) is 18.0 Å². The molecule has 29 heavy (non-hydrogen) atoms. The van der Waals surface area contributed by atoms with Crippen LogP contribution in [-0.2, 0) is 4.79 Å². The van der Waals surface area contributed by atoms with Crippen LogP contribution in [0.5, 0.6) is 5.75 Å². The van der Waals surface area contributed by atoms with Gasteiger partial charge in [-0.05, 0) is 58.7 Å². The molecular weight excluding hydrogens is 360 g/mol. The summed E-state index contributed by atoms with van der Waals surface area (Å²) in [6, 6.07) is 14.9. The summed E-state index contributed by atoms with van der Waals surface area (Å²) in [6.07, 6.45) is 2.58. The Kier molecular flexibility index (Phi) is 5.28. The minimum Gasteiger partial charge on any atom is -0.487 e. The number of carbonyl (C=O) groups is 1. The number of amides is 1. The molecule has 2 aromatic carbocycles. The molecular formula is C25H32N2O2. The van der Waals surface area contributed by atoms with E-state index in [0.29, 0.717) is 0 Å². The number of hydrogen-bond acceptors (Lipinski definition) is 3. The van der Waals surface area contributed by atoms with Crippen molar-refractivity contribution in [3.05, 3.63) is 59.2 Å². The molecule has 2 aliphatic heterocycles. The van der Waals surface area contributed by atoms with E-state index in [9.17, 15) is 4.79 Å². The summed E-state index contributed by atoms with van der Waals surface area (Å²) in [6.45, 7) is 10.2. The zero-order valence-corrected chi connectivity index (χ0v) is 18.0. The Hall–Kier alpha value is -2.49. The average Bonchev–Trinajstić information content (AvgIpc) is 2.69. The third-order valence-electron chi connectivity index (χ3n) is 6.20. The number of piperidine rings is 1. The van der Waals surface area contributed by atoms with Crippen molar-refractivity contribution in [2.24, 2.45) is 5.92 Å². The van der Waals surface area contributed by atoms with Gasteiger partial charge in [0.1, 0.15) is 11.4 Å². The second-order valence-corrected chi connectivity index (χ2v) is 9.27. The predicted molar refractivity (Wildman–Crippen MR) is 118 cm³/mol. The third kappa shape index (κ3) is 4.42. The molecule has 2 heterocycles. The summed E-state index contributed by atoms with van der Waals surface area (Å²) in [5, 5.41) is 3.35. The summed E-state index contributed by atoms with van der Waals surface area (Å²) in [5.74, 6) is 1.16. The second-order valence-electron chi connectivity index (χ2n) is 9.27. The molecule has 4 heteroatoms. The van der Waals surface area contributed by atoms with Crippen LogP contribution in [0.15, 0.2) is 42.5 Å². The molecule has 0 aliphatic carbocycles. The molecule has 1 amide bonds. The Morgan fingerprint density at radius 3 is 2.38 bits per heavy atom. The smallest absolute Gasteiger partial charge is 0.223 e. The van der Waals surface area contributed by atoms with Crippen LogP contribution in [0.1, 0.15) is 55.8 Å². The molecule has 0 saturated carbocycles. The van der Waals surface area contributed by atoms with Gasteiger partial charge in [-0.25, -0.2) is 0 Å². The fourth-order valence-electron chi connectivity index (χ4n) is 4.55. The molecule has 1 fully saturated rings. The molecule has 1 N–H and O–H groups in total. The van der Waals surface area contributed by atoms with Gasteiger partial charge in [-0.3, -0.25) is 4.79 Å². The summed E-state index contributed by atoms with van der Waals surface area (Å²) in [4.78, 5) is 15.5. The van der Waals surface area contributed by atoms with E-state index in [4.69, 9.17) is 4.74 Å². The molecule has 2 aromatic rings. The third-order valence-corrected chi connectivity index (χ3v) is 6.20. The topological polar surface area (TPSA) is 41.6 Å². The van der Waals surface area contributed by atoms with Crippen LogP contribution < -0.4 is 15.0 Å². The van der Waals surface area contributed by atoms with Crippen LogP contribution in [-0.4, -0.2) is 24.6 Å². The lowest BCUT2D eigenvalue weighted by Gasteiger charge is -2.39. The minimum atomic E-state index is -0.283. The van der Waals surface area contributed by atoms with Gasteiger partial charge in [0.05, 0.1) is 6.04 Å². The number of hydrogen-bond donors (Lipinski definition) is 1. The van der Waals surface area contributed by atoms with Crippen molar-refractivity contribution in [2.45, 2.75) is 58.6 Å². The van der Waals surface area contributed by atoms with E-state index in [-0.39, 0.29) is 23.5 Å². The average molecular weight is 393 g/mol. The van der Waals surface area contributed by atoms with Crippen LogP contribution >= 0.6 is 0 Å². The first-order valence-electron chi connectivity index (χ1n) is 10.7. The van der Waals surface area contributed by atoms with Crippen molar-refractivity contribution < 1.29 is 9.53 Å². The summed E-state index contributed by atoms with van der Waals surface area (Å²) in [5.41, 5.74) is 4.55. The number of ether oxygens (including phenoxy) is 1. The number of carbonyl (C=O) groups excluding carboxylic acids is 1. The van der Waals surface area contributed by atoms with E-state index in [1.165, 1.54) is 16.8 Å². The van der Waals surface area contributed by atoms with Gasteiger partial charge in [-0.15, -0.1) is 0 Å². The fraction of sp³-hybridized carbons (Fsp3) is 0.480. The maximum Gasteiger partial charge on any atom is 0.223 e. The molecule has 154 valence electrons. The van der Waals surface area contributed by atoms with Crippen molar-refractivity contribution in [1.82, 2.24) is 5.32 Å². The van der Waals surface area contributed by atoms with E-state index in [1.54, 1.807) is 0 Å². The molecule has 1 saturated heterocycles. The summed E-state index contributed by atoms with van der Waals surface area (Å²) >= 11 is 0. The maximum absolute atomic E-state index is 13.1. The lowest BCUT2D eigenvalue weighted by Crippen LogP contribution is -2.45. The number of rotatable bonds is 3. The largest absolute Gasteiger partial charge is 0.487 e. The van der Waals surface area contributed by atoms with Crippen LogP contribution in [0, 0.1) is 19.8 Å². The Labute approximate surface area is 174 Å². The van der Waals surface area contributed by atoms with Gasteiger partial charge in [0.2, 0.25) is 5.91 Å². The first kappa shape index (κ1) is 19.8. The van der Waals surface area contributed by atoms with Crippen molar-refractivity contribution in [3.8, 4) is 5.75 Å². The Morgan fingerprint density at radius 2 is 1.69 bits per heavy atom. The monoisotopic (exact) mass is 392 g/mol. The van der Waals surface area contributed by atoms with Gasteiger partial charge in [0.25, 0.3) is 0 Å². The number of anilines is 1. The van der Waals surface area contributed by atoms with Crippen molar-refractivity contribution in [1.29, 1.82) is 0 Å². The van der Waals surface area contributed by atoms with E-state index < -0.39 is 0 Å². The van der Waals surface area contributed by atoms with Gasteiger partial charge in [-0.2, -0.15) is 0 Å². The first-order valence-corrected chi connectivity index (χ1v) is 10.7. The highest BCUT2D eigenvalue weighted by molar-refractivity contribution is 5.79. The minimum absolute atomic E-state index is 0.0104. The molecule has 4 rings (SSSR count). The number of nitrogens with one attached hydrogen (secondary N) is 1. The van der Waals surface area contributed by atoms with Gasteiger partial charge < -0.3 is 15.0 Å². The summed E-state index contributed by atoms with van der Waals surface area (Å²) < 4.78 is 6.15. The van der Waals surface area contributed by atoms with Gasteiger partial charge >= 0.3 is 0 Å². The van der Waals surface area contributed by atoms with Crippen LogP contribution in [0.2, 0.25) is 0 Å². The Balaban J connectivity index is 1.41. The molecule has 0 radical (unpaired) electrons. The lowest BCUT2D eigenvalue weighted by molar-refractivity contribution is -0.126. The van der Waals surface area contributed by atoms with Gasteiger partial charge in [0, 0.05) is 36.7 Å². The van der Waals surface area contributed by atoms with Crippen LogP contribution in [0.4, 0.5) is 5.69 Å².